The third kappa shape index (κ3) is 42.2. The molecule has 0 bridgehead atoms. The molecule has 0 radical (unpaired) electrons. The second-order valence-corrected chi connectivity index (χ2v) is 17.4. The molecule has 0 aliphatic rings. The van der Waals surface area contributed by atoms with E-state index in [1.165, 1.54) is 116 Å². The van der Waals surface area contributed by atoms with Crippen molar-refractivity contribution in [2.45, 2.75) is 225 Å². The van der Waals surface area contributed by atoms with E-state index in [0.29, 0.717) is 12.8 Å². The molecule has 0 fully saturated rings. The van der Waals surface area contributed by atoms with E-state index in [1.54, 1.807) is 0 Å². The Morgan fingerprint density at radius 1 is 0.542 bits per heavy atom. The Balaban J connectivity index is 3.89. The Morgan fingerprint density at radius 2 is 0.932 bits per heavy atom. The summed E-state index contributed by atoms with van der Waals surface area (Å²) in [6.07, 6.45) is 45.9. The Kier molecular flexibility index (Phi) is 40.7. The highest BCUT2D eigenvalue weighted by Gasteiger charge is 2.28. The van der Waals surface area contributed by atoms with Gasteiger partial charge in [0, 0.05) is 12.8 Å². The second kappa shape index (κ2) is 42.4. The number of carboxylic acids is 1. The molecule has 4 N–H and O–H groups in total. The lowest BCUT2D eigenvalue weighted by Gasteiger charge is -2.18. The number of amides is 1. The van der Waals surface area contributed by atoms with E-state index in [9.17, 15) is 34.1 Å². The molecule has 0 saturated heterocycles. The van der Waals surface area contributed by atoms with Gasteiger partial charge in [-0.3, -0.25) is 18.6 Å². The number of carboxylic acid groups (broad SMARTS) is 1. The number of phosphoric ester groups is 1. The molecule has 59 heavy (non-hydrogen) atoms. The second-order valence-electron chi connectivity index (χ2n) is 15.9. The van der Waals surface area contributed by atoms with Crippen LogP contribution in [0.3, 0.4) is 0 Å². The fourth-order valence-corrected chi connectivity index (χ4v) is 7.23. The van der Waals surface area contributed by atoms with E-state index in [2.05, 4.69) is 55.6 Å². The van der Waals surface area contributed by atoms with Gasteiger partial charge in [-0.15, -0.1) is 0 Å². The Labute approximate surface area is 359 Å². The number of carbonyl (C=O) groups is 3. The average Bonchev–Trinajstić information content (AvgIpc) is 3.21. The fourth-order valence-electron chi connectivity index (χ4n) is 6.46. The number of ether oxygens (including phenoxy) is 1. The fraction of sp³-hybridized carbons (Fsp3) is 0.809. The van der Waals surface area contributed by atoms with Crippen molar-refractivity contribution in [2.24, 2.45) is 0 Å². The standard InChI is InChI=1S/C47H86NO10P/c1-3-5-7-9-11-13-15-17-19-21-22-23-24-26-28-30-32-34-36-38-45(50)48-44(47(52)53)42-58-59(54,55)57-41-43(49)40-56-46(51)39-37-35-33-31-29-27-25-20-18-16-14-12-10-8-6-4-2/h14,16-17,19-20,25,43-44,49H,3-13,15,18,21-24,26-42H2,1-2H3,(H,48,50)(H,52,53)(H,54,55)/b16-14-,19-17+,25-20-. The highest BCUT2D eigenvalue weighted by atomic mass is 31.2. The van der Waals surface area contributed by atoms with Crippen LogP contribution in [0.5, 0.6) is 0 Å². The summed E-state index contributed by atoms with van der Waals surface area (Å²) in [7, 11) is -4.76. The van der Waals surface area contributed by atoms with E-state index in [0.717, 1.165) is 57.8 Å². The predicted octanol–water partition coefficient (Wildman–Crippen LogP) is 12.4. The summed E-state index contributed by atoms with van der Waals surface area (Å²) in [4.78, 5) is 46.0. The minimum atomic E-state index is -4.76. The number of aliphatic hydroxyl groups is 1. The van der Waals surface area contributed by atoms with Crippen molar-refractivity contribution in [3.8, 4) is 0 Å². The van der Waals surface area contributed by atoms with Crippen molar-refractivity contribution in [1.29, 1.82) is 0 Å². The summed E-state index contributed by atoms with van der Waals surface area (Å²) in [5.74, 6) is -2.39. The van der Waals surface area contributed by atoms with Crippen LogP contribution >= 0.6 is 7.82 Å². The zero-order valence-electron chi connectivity index (χ0n) is 37.3. The van der Waals surface area contributed by atoms with E-state index < -0.39 is 57.6 Å². The number of hydrogen-bond acceptors (Lipinski definition) is 8. The number of aliphatic carboxylic acids is 1. The van der Waals surface area contributed by atoms with Crippen molar-refractivity contribution in [1.82, 2.24) is 5.32 Å². The van der Waals surface area contributed by atoms with E-state index in [-0.39, 0.29) is 12.8 Å². The van der Waals surface area contributed by atoms with Crippen molar-refractivity contribution in [2.75, 3.05) is 19.8 Å². The van der Waals surface area contributed by atoms with Gasteiger partial charge in [0.25, 0.3) is 0 Å². The van der Waals surface area contributed by atoms with Gasteiger partial charge in [0.2, 0.25) is 5.91 Å². The minimum Gasteiger partial charge on any atom is -0.480 e. The lowest BCUT2D eigenvalue weighted by molar-refractivity contribution is -0.147. The molecule has 0 heterocycles. The van der Waals surface area contributed by atoms with Gasteiger partial charge in [0.05, 0.1) is 13.2 Å². The molecular weight excluding hydrogens is 769 g/mol. The lowest BCUT2D eigenvalue weighted by atomic mass is 10.1. The maximum Gasteiger partial charge on any atom is 0.472 e. The Bertz CT molecular complexity index is 1140. The summed E-state index contributed by atoms with van der Waals surface area (Å²) in [5.41, 5.74) is 0. The molecule has 0 aromatic heterocycles. The molecular formula is C47H86NO10P. The maximum absolute atomic E-state index is 12.3. The van der Waals surface area contributed by atoms with Crippen LogP contribution in [-0.4, -0.2) is 64.9 Å². The van der Waals surface area contributed by atoms with Crippen LogP contribution in [0.2, 0.25) is 0 Å². The van der Waals surface area contributed by atoms with Gasteiger partial charge in [-0.1, -0.05) is 166 Å². The van der Waals surface area contributed by atoms with Crippen molar-refractivity contribution in [3.63, 3.8) is 0 Å². The van der Waals surface area contributed by atoms with E-state index >= 15 is 0 Å². The van der Waals surface area contributed by atoms with Gasteiger partial charge in [0.1, 0.15) is 12.7 Å². The molecule has 0 spiro atoms. The van der Waals surface area contributed by atoms with Gasteiger partial charge < -0.3 is 25.2 Å². The Morgan fingerprint density at radius 3 is 1.41 bits per heavy atom. The number of carbonyl (C=O) groups excluding carboxylic acids is 2. The highest BCUT2D eigenvalue weighted by molar-refractivity contribution is 7.47. The molecule has 11 nitrogen and oxygen atoms in total. The SMILES string of the molecule is CCCCCC/C=C\C/C=C\CCCCCCCC(=O)OCC(O)COP(=O)(O)OCC(NC(=O)CCCCCCCCCCC/C=C/CCCCCCCC)C(=O)O. The third-order valence-electron chi connectivity index (χ3n) is 10.2. The van der Waals surface area contributed by atoms with Crippen LogP contribution < -0.4 is 5.32 Å². The van der Waals surface area contributed by atoms with E-state index in [4.69, 9.17) is 13.8 Å². The molecule has 0 aliphatic carbocycles. The summed E-state index contributed by atoms with van der Waals surface area (Å²) in [6.45, 7) is 2.57. The van der Waals surface area contributed by atoms with Crippen LogP contribution in [0.15, 0.2) is 36.5 Å². The molecule has 0 saturated carbocycles. The summed E-state index contributed by atoms with van der Waals surface area (Å²) in [6, 6.07) is -1.55. The lowest BCUT2D eigenvalue weighted by Crippen LogP contribution is -2.43. The quantitative estimate of drug-likeness (QED) is 0.0200. The maximum atomic E-state index is 12.3. The molecule has 0 aliphatic heterocycles. The topological polar surface area (TPSA) is 169 Å². The first-order valence-corrected chi connectivity index (χ1v) is 25.0. The monoisotopic (exact) mass is 856 g/mol. The van der Waals surface area contributed by atoms with Gasteiger partial charge in [0.15, 0.2) is 6.04 Å². The smallest absolute Gasteiger partial charge is 0.472 e. The number of phosphoric acid groups is 1. The molecule has 0 aromatic rings. The molecule has 0 aromatic carbocycles. The number of allylic oxidation sites excluding steroid dienone is 6. The third-order valence-corrected chi connectivity index (χ3v) is 11.1. The molecule has 1 amide bonds. The summed E-state index contributed by atoms with van der Waals surface area (Å²) in [5, 5.41) is 21.9. The van der Waals surface area contributed by atoms with Crippen molar-refractivity contribution >= 4 is 25.7 Å². The normalized spacial score (nSPS) is 14.0. The van der Waals surface area contributed by atoms with Gasteiger partial charge >= 0.3 is 19.8 Å². The number of hydrogen-bond donors (Lipinski definition) is 4. The molecule has 3 atom stereocenters. The van der Waals surface area contributed by atoms with Crippen LogP contribution in [0.25, 0.3) is 0 Å². The van der Waals surface area contributed by atoms with E-state index in [1.807, 2.05) is 0 Å². The zero-order chi connectivity index (χ0) is 43.5. The van der Waals surface area contributed by atoms with Crippen molar-refractivity contribution in [3.05, 3.63) is 36.5 Å². The largest absolute Gasteiger partial charge is 0.480 e. The first-order valence-electron chi connectivity index (χ1n) is 23.5. The van der Waals surface area contributed by atoms with Crippen LogP contribution in [-0.2, 0) is 32.7 Å². The van der Waals surface area contributed by atoms with Crippen LogP contribution in [0, 0.1) is 0 Å². The van der Waals surface area contributed by atoms with Crippen molar-refractivity contribution < 1.29 is 47.8 Å². The first kappa shape index (κ1) is 56.7. The molecule has 12 heteroatoms. The molecule has 3 unspecified atom stereocenters. The average molecular weight is 856 g/mol. The number of aliphatic hydroxyl groups excluding tert-OH is 1. The number of rotatable bonds is 44. The predicted molar refractivity (Wildman–Crippen MR) is 240 cm³/mol. The number of unbranched alkanes of at least 4 members (excludes halogenated alkanes) is 24. The van der Waals surface area contributed by atoms with Crippen LogP contribution in [0.1, 0.15) is 213 Å². The van der Waals surface area contributed by atoms with Gasteiger partial charge in [-0.2, -0.15) is 0 Å². The first-order chi connectivity index (χ1) is 28.6. The molecule has 344 valence electrons. The van der Waals surface area contributed by atoms with Gasteiger partial charge in [-0.25, -0.2) is 9.36 Å². The van der Waals surface area contributed by atoms with Crippen LogP contribution in [0.4, 0.5) is 0 Å². The Hall–Kier alpha value is -2.30. The summed E-state index contributed by atoms with van der Waals surface area (Å²) >= 11 is 0. The summed E-state index contributed by atoms with van der Waals surface area (Å²) < 4.78 is 26.9. The minimum absolute atomic E-state index is 0.143. The number of esters is 1. The zero-order valence-corrected chi connectivity index (χ0v) is 38.2. The molecule has 0 rings (SSSR count). The number of nitrogens with one attached hydrogen (secondary N) is 1. The highest BCUT2D eigenvalue weighted by Crippen LogP contribution is 2.43. The van der Waals surface area contributed by atoms with Gasteiger partial charge in [-0.05, 0) is 70.6 Å².